The number of halogens is 3. The maximum Gasteiger partial charge on any atom is 0.434 e. The van der Waals surface area contributed by atoms with Crippen molar-refractivity contribution in [3.63, 3.8) is 0 Å². The number of nitrogens with zero attached hydrogens (tertiary/aromatic N) is 3. The summed E-state index contributed by atoms with van der Waals surface area (Å²) in [6.45, 7) is 0.955. The van der Waals surface area contributed by atoms with Gasteiger partial charge < -0.3 is 10.6 Å². The zero-order valence-corrected chi connectivity index (χ0v) is 13.8. The minimum Gasteiger partial charge on any atom is -0.338 e. The van der Waals surface area contributed by atoms with Gasteiger partial charge in [0.25, 0.3) is 0 Å². The first kappa shape index (κ1) is 17.4. The normalized spacial score (nSPS) is 15.0. The van der Waals surface area contributed by atoms with Crippen molar-refractivity contribution < 1.29 is 20.8 Å². The molecule has 2 aromatic rings. The summed E-state index contributed by atoms with van der Waals surface area (Å²) >= 11 is 0. The number of amides is 2. The predicted octanol–water partition coefficient (Wildman–Crippen LogP) is 3.32. The predicted molar refractivity (Wildman–Crippen MR) is 89.3 cm³/mol. The third-order valence-electron chi connectivity index (χ3n) is 4.48. The molecule has 2 heterocycles. The molecule has 9 heteroatoms. The quantitative estimate of drug-likeness (QED) is 0.860. The molecule has 2 amide bonds. The lowest BCUT2D eigenvalue weighted by Gasteiger charge is -2.25. The van der Waals surface area contributed by atoms with Crippen molar-refractivity contribution in [1.82, 2.24) is 25.0 Å². The standard InChI is InChI=1S/C16H20F3N5O.2H2/c1-23-13(16(17,18)19)10-24(23)14-7-12(5-6-20-14)9-22-15(25)21-8-11-3-2-4-11;;/h5-7,10-11H,2-4,8-9H2,1H3,(H2,21,22,25);2*1H. The Balaban J connectivity index is 0.00000182. The summed E-state index contributed by atoms with van der Waals surface area (Å²) in [4.78, 5) is 15.8. The molecule has 1 aliphatic rings. The molecule has 1 saturated carbocycles. The first-order chi connectivity index (χ1) is 11.8. The molecule has 1 aliphatic carbocycles. The van der Waals surface area contributed by atoms with Crippen molar-refractivity contribution in [3.8, 4) is 5.82 Å². The van der Waals surface area contributed by atoms with Crippen molar-refractivity contribution in [2.45, 2.75) is 32.0 Å². The molecular weight excluding hydrogens is 335 g/mol. The zero-order chi connectivity index (χ0) is 18.0. The number of aromatic nitrogens is 3. The van der Waals surface area contributed by atoms with E-state index in [1.54, 1.807) is 12.1 Å². The van der Waals surface area contributed by atoms with Crippen molar-refractivity contribution in [2.24, 2.45) is 13.0 Å². The highest BCUT2D eigenvalue weighted by molar-refractivity contribution is 5.73. The van der Waals surface area contributed by atoms with Gasteiger partial charge in [-0.05, 0) is 36.5 Å². The van der Waals surface area contributed by atoms with E-state index in [0.29, 0.717) is 18.3 Å². The van der Waals surface area contributed by atoms with Crippen LogP contribution in [0.3, 0.4) is 0 Å². The van der Waals surface area contributed by atoms with Crippen LogP contribution in [-0.4, -0.2) is 26.9 Å². The van der Waals surface area contributed by atoms with Crippen molar-refractivity contribution in [1.29, 1.82) is 0 Å². The van der Waals surface area contributed by atoms with Gasteiger partial charge >= 0.3 is 12.2 Å². The van der Waals surface area contributed by atoms with E-state index in [0.717, 1.165) is 29.3 Å². The lowest BCUT2D eigenvalue weighted by atomic mass is 9.85. The maximum atomic E-state index is 12.7. The highest BCUT2D eigenvalue weighted by Crippen LogP contribution is 2.31. The fourth-order valence-electron chi connectivity index (χ4n) is 2.70. The first-order valence-electron chi connectivity index (χ1n) is 8.13. The Kier molecular flexibility index (Phi) is 4.73. The van der Waals surface area contributed by atoms with Crippen LogP contribution >= 0.6 is 0 Å². The summed E-state index contributed by atoms with van der Waals surface area (Å²) in [5.41, 5.74) is 0.0271. The molecule has 140 valence electrons. The largest absolute Gasteiger partial charge is 0.434 e. The molecule has 0 aromatic carbocycles. The molecule has 1 fully saturated rings. The molecule has 0 saturated heterocycles. The smallest absolute Gasteiger partial charge is 0.338 e. The van der Waals surface area contributed by atoms with Crippen molar-refractivity contribution in [2.75, 3.05) is 6.54 Å². The molecule has 2 aromatic heterocycles. The average molecular weight is 359 g/mol. The molecule has 0 atom stereocenters. The highest BCUT2D eigenvalue weighted by Gasteiger charge is 2.37. The van der Waals surface area contributed by atoms with Gasteiger partial charge in [0.15, 0.2) is 11.5 Å². The lowest BCUT2D eigenvalue weighted by molar-refractivity contribution is -0.148. The van der Waals surface area contributed by atoms with Gasteiger partial charge in [-0.2, -0.15) is 13.2 Å². The van der Waals surface area contributed by atoms with Gasteiger partial charge in [-0.25, -0.2) is 14.5 Å². The van der Waals surface area contributed by atoms with Gasteiger partial charge in [0.1, 0.15) is 0 Å². The van der Waals surface area contributed by atoms with Gasteiger partial charge in [-0.15, -0.1) is 0 Å². The molecule has 0 unspecified atom stereocenters. The van der Waals surface area contributed by atoms with Crippen LogP contribution in [0, 0.1) is 5.92 Å². The Morgan fingerprint density at radius 3 is 2.76 bits per heavy atom. The molecule has 0 bridgehead atoms. The Morgan fingerprint density at radius 2 is 2.16 bits per heavy atom. The number of hydrogen-bond acceptors (Lipinski definition) is 2. The molecule has 3 rings (SSSR count). The average Bonchev–Trinajstić information content (AvgIpc) is 2.49. The van der Waals surface area contributed by atoms with Crippen LogP contribution in [0.2, 0.25) is 0 Å². The topological polar surface area (TPSA) is 63.9 Å². The second-order valence-corrected chi connectivity index (χ2v) is 6.26. The first-order valence-corrected chi connectivity index (χ1v) is 8.13. The summed E-state index contributed by atoms with van der Waals surface area (Å²) in [6, 6.07) is 3.11. The van der Waals surface area contributed by atoms with Crippen LogP contribution < -0.4 is 10.6 Å². The van der Waals surface area contributed by atoms with Crippen LogP contribution in [0.25, 0.3) is 5.82 Å². The second-order valence-electron chi connectivity index (χ2n) is 6.26. The second kappa shape index (κ2) is 6.81. The molecular formula is C16H24F3N5O. The third kappa shape index (κ3) is 3.97. The molecule has 25 heavy (non-hydrogen) atoms. The van der Waals surface area contributed by atoms with Crippen LogP contribution in [0.15, 0.2) is 24.5 Å². The molecule has 6 nitrogen and oxygen atoms in total. The van der Waals surface area contributed by atoms with E-state index in [-0.39, 0.29) is 15.4 Å². The van der Waals surface area contributed by atoms with E-state index in [9.17, 15) is 18.0 Å². The fourth-order valence-corrected chi connectivity index (χ4v) is 2.70. The summed E-state index contributed by atoms with van der Waals surface area (Å²) in [7, 11) is 1.32. The number of alkyl halides is 3. The van der Waals surface area contributed by atoms with Gasteiger partial charge in [0, 0.05) is 29.2 Å². The SMILES string of the molecule is Cn1c(C(F)(F)F)cn1-c1cc(CNC(=O)NCC2CCC2)ccn1.[HH].[HH]. The summed E-state index contributed by atoms with van der Waals surface area (Å²) in [6.07, 6.45) is 1.65. The van der Waals surface area contributed by atoms with Crippen LogP contribution in [-0.2, 0) is 19.8 Å². The zero-order valence-electron chi connectivity index (χ0n) is 13.8. The Morgan fingerprint density at radius 1 is 1.40 bits per heavy atom. The number of nitrogens with one attached hydrogen (secondary N) is 2. The van der Waals surface area contributed by atoms with Crippen LogP contribution in [0.5, 0.6) is 0 Å². The van der Waals surface area contributed by atoms with Crippen LogP contribution in [0.4, 0.5) is 18.0 Å². The minimum absolute atomic E-state index is 0. The minimum atomic E-state index is -4.39. The number of pyridine rings is 1. The number of carbonyl (C=O) groups excluding carboxylic acids is 1. The van der Waals surface area contributed by atoms with Gasteiger partial charge in [-0.1, -0.05) is 6.42 Å². The molecule has 0 radical (unpaired) electrons. The molecule has 0 spiro atoms. The molecule has 0 aliphatic heterocycles. The number of hydrogen-bond donors (Lipinski definition) is 2. The van der Waals surface area contributed by atoms with E-state index >= 15 is 0 Å². The summed E-state index contributed by atoms with van der Waals surface area (Å²) < 4.78 is 40.3. The van der Waals surface area contributed by atoms with E-state index in [1.807, 2.05) is 0 Å². The van der Waals surface area contributed by atoms with Crippen LogP contribution in [0.1, 0.15) is 33.4 Å². The lowest BCUT2D eigenvalue weighted by Crippen LogP contribution is -2.39. The Hall–Kier alpha value is -2.45. The Labute approximate surface area is 146 Å². The monoisotopic (exact) mass is 359 g/mol. The summed E-state index contributed by atoms with van der Waals surface area (Å²) in [5, 5.41) is 5.57. The maximum absolute atomic E-state index is 12.7. The van der Waals surface area contributed by atoms with E-state index < -0.39 is 11.9 Å². The van der Waals surface area contributed by atoms with Gasteiger partial charge in [-0.3, -0.25) is 4.68 Å². The molecule has 2 N–H and O–H groups in total. The van der Waals surface area contributed by atoms with Crippen molar-refractivity contribution >= 4 is 6.03 Å². The number of carbonyl (C=O) groups is 1. The number of rotatable bonds is 5. The van der Waals surface area contributed by atoms with Gasteiger partial charge in [0.2, 0.25) is 0 Å². The Bertz CT molecular complexity index is 756. The van der Waals surface area contributed by atoms with Crippen molar-refractivity contribution in [3.05, 3.63) is 35.8 Å². The van der Waals surface area contributed by atoms with E-state index in [4.69, 9.17) is 0 Å². The third-order valence-corrected chi connectivity index (χ3v) is 4.48. The highest BCUT2D eigenvalue weighted by atomic mass is 19.4. The number of urea groups is 1. The fraction of sp³-hybridized carbons (Fsp3) is 0.500. The summed E-state index contributed by atoms with van der Waals surface area (Å²) in [5.74, 6) is 0.944. The van der Waals surface area contributed by atoms with E-state index in [1.165, 1.54) is 24.3 Å². The van der Waals surface area contributed by atoms with E-state index in [2.05, 4.69) is 15.6 Å². The van der Waals surface area contributed by atoms with Gasteiger partial charge in [0.05, 0.1) is 6.20 Å².